The molecule has 2 unspecified atom stereocenters. The maximum Gasteiger partial charge on any atom is 0.0467 e. The molecule has 1 aromatic rings. The van der Waals surface area contributed by atoms with Crippen LogP contribution in [0.3, 0.4) is 0 Å². The number of rotatable bonds is 2. The highest BCUT2D eigenvalue weighted by Gasteiger charge is 2.26. The van der Waals surface area contributed by atoms with Crippen molar-refractivity contribution in [1.29, 1.82) is 0 Å². The molecular weight excluding hydrogens is 298 g/mol. The van der Waals surface area contributed by atoms with Gasteiger partial charge in [0.25, 0.3) is 0 Å². The first kappa shape index (κ1) is 13.2. The second kappa shape index (κ2) is 5.62. The van der Waals surface area contributed by atoms with Crippen LogP contribution < -0.4 is 4.90 Å². The van der Waals surface area contributed by atoms with Crippen LogP contribution in [-0.2, 0) is 5.33 Å². The number of nitrogens with zero attached hydrogens (tertiary/aromatic N) is 1. The highest BCUT2D eigenvalue weighted by molar-refractivity contribution is 9.08. The van der Waals surface area contributed by atoms with E-state index in [0.717, 1.165) is 22.8 Å². The van der Waals surface area contributed by atoms with E-state index in [9.17, 15) is 0 Å². The summed E-state index contributed by atoms with van der Waals surface area (Å²) in [6.07, 6.45) is 2.61. The molecule has 1 aromatic carbocycles. The molecule has 0 bridgehead atoms. The second-order valence-electron chi connectivity index (χ2n) is 4.92. The summed E-state index contributed by atoms with van der Waals surface area (Å²) in [5.74, 6) is 0.755. The van der Waals surface area contributed by atoms with Crippen molar-refractivity contribution in [3.63, 3.8) is 0 Å². The summed E-state index contributed by atoms with van der Waals surface area (Å²) in [5, 5.41) is 1.68. The molecule has 17 heavy (non-hydrogen) atoms. The van der Waals surface area contributed by atoms with Crippen molar-refractivity contribution in [3.05, 3.63) is 28.8 Å². The van der Waals surface area contributed by atoms with E-state index in [1.165, 1.54) is 24.1 Å². The molecule has 94 valence electrons. The maximum atomic E-state index is 6.28. The van der Waals surface area contributed by atoms with Crippen LogP contribution in [0.1, 0.15) is 32.3 Å². The number of hydrogen-bond acceptors (Lipinski definition) is 1. The summed E-state index contributed by atoms with van der Waals surface area (Å²) in [4.78, 5) is 2.51. The van der Waals surface area contributed by atoms with Crippen molar-refractivity contribution >= 4 is 33.2 Å². The number of hydrogen-bond donors (Lipinski definition) is 0. The van der Waals surface area contributed by atoms with Crippen LogP contribution >= 0.6 is 27.5 Å². The summed E-state index contributed by atoms with van der Waals surface area (Å²) >= 11 is 9.83. The Hall–Kier alpha value is -0.210. The Bertz CT molecular complexity index is 394. The predicted molar refractivity (Wildman–Crippen MR) is 79.3 cm³/mol. The van der Waals surface area contributed by atoms with Gasteiger partial charge in [-0.2, -0.15) is 0 Å². The van der Waals surface area contributed by atoms with Gasteiger partial charge < -0.3 is 4.90 Å². The van der Waals surface area contributed by atoms with Gasteiger partial charge in [0, 0.05) is 34.2 Å². The molecule has 1 heterocycles. The number of piperidine rings is 1. The van der Waals surface area contributed by atoms with Crippen LogP contribution in [0.5, 0.6) is 0 Å². The molecule has 0 aromatic heterocycles. The molecule has 3 heteroatoms. The molecule has 0 radical (unpaired) electrons. The van der Waals surface area contributed by atoms with Crippen LogP contribution in [0.4, 0.5) is 5.69 Å². The van der Waals surface area contributed by atoms with Crippen LogP contribution in [0, 0.1) is 5.92 Å². The van der Waals surface area contributed by atoms with Crippen molar-refractivity contribution in [3.8, 4) is 0 Å². The van der Waals surface area contributed by atoms with Gasteiger partial charge in [0.15, 0.2) is 0 Å². The maximum absolute atomic E-state index is 6.28. The lowest BCUT2D eigenvalue weighted by molar-refractivity contribution is 0.363. The zero-order valence-electron chi connectivity index (χ0n) is 10.4. The molecule has 0 N–H and O–H groups in total. The third kappa shape index (κ3) is 2.63. The zero-order valence-corrected chi connectivity index (χ0v) is 12.8. The zero-order chi connectivity index (χ0) is 12.4. The van der Waals surface area contributed by atoms with Crippen molar-refractivity contribution in [2.45, 2.75) is 38.1 Å². The average molecular weight is 317 g/mol. The van der Waals surface area contributed by atoms with Crippen LogP contribution in [0.15, 0.2) is 18.2 Å². The fraction of sp³-hybridized carbons (Fsp3) is 0.571. The van der Waals surface area contributed by atoms with Gasteiger partial charge in [0.05, 0.1) is 0 Å². The van der Waals surface area contributed by atoms with Gasteiger partial charge in [-0.1, -0.05) is 40.5 Å². The first-order valence-electron chi connectivity index (χ1n) is 6.25. The normalized spacial score (nSPS) is 25.1. The van der Waals surface area contributed by atoms with Crippen molar-refractivity contribution < 1.29 is 0 Å². The minimum absolute atomic E-state index is 0.597. The molecular formula is C14H19BrClN. The van der Waals surface area contributed by atoms with Gasteiger partial charge >= 0.3 is 0 Å². The van der Waals surface area contributed by atoms with E-state index in [2.05, 4.69) is 46.8 Å². The van der Waals surface area contributed by atoms with Crippen LogP contribution in [0.2, 0.25) is 5.02 Å². The third-order valence-corrected chi connectivity index (χ3v) is 4.83. The molecule has 0 saturated carbocycles. The minimum Gasteiger partial charge on any atom is -0.368 e. The molecule has 1 saturated heterocycles. The lowest BCUT2D eigenvalue weighted by Gasteiger charge is -2.40. The predicted octanol–water partition coefficient (Wildman–Crippen LogP) is 4.86. The Labute approximate surface area is 117 Å². The SMILES string of the molecule is CC1CCCN(c2cccc(Cl)c2CBr)C1C. The van der Waals surface area contributed by atoms with Gasteiger partial charge in [0.2, 0.25) is 0 Å². The lowest BCUT2D eigenvalue weighted by atomic mass is 9.91. The fourth-order valence-corrected chi connectivity index (χ4v) is 3.61. The van der Waals surface area contributed by atoms with E-state index in [4.69, 9.17) is 11.6 Å². The average Bonchev–Trinajstić information content (AvgIpc) is 2.32. The van der Waals surface area contributed by atoms with Gasteiger partial charge in [-0.05, 0) is 37.8 Å². The van der Waals surface area contributed by atoms with Gasteiger partial charge in [0.1, 0.15) is 0 Å². The molecule has 1 fully saturated rings. The first-order chi connectivity index (χ1) is 8.15. The molecule has 0 amide bonds. The summed E-state index contributed by atoms with van der Waals surface area (Å²) in [6.45, 7) is 5.81. The van der Waals surface area contributed by atoms with Gasteiger partial charge in [-0.3, -0.25) is 0 Å². The van der Waals surface area contributed by atoms with Crippen molar-refractivity contribution in [1.82, 2.24) is 0 Å². The number of alkyl halides is 1. The first-order valence-corrected chi connectivity index (χ1v) is 7.75. The van der Waals surface area contributed by atoms with Crippen LogP contribution in [-0.4, -0.2) is 12.6 Å². The second-order valence-corrected chi connectivity index (χ2v) is 5.89. The largest absolute Gasteiger partial charge is 0.368 e. The molecule has 0 spiro atoms. The summed E-state index contributed by atoms with van der Waals surface area (Å²) < 4.78 is 0. The lowest BCUT2D eigenvalue weighted by Crippen LogP contribution is -2.42. The van der Waals surface area contributed by atoms with E-state index in [0.29, 0.717) is 6.04 Å². The Balaban J connectivity index is 2.35. The van der Waals surface area contributed by atoms with Crippen molar-refractivity contribution in [2.75, 3.05) is 11.4 Å². The van der Waals surface area contributed by atoms with E-state index in [1.807, 2.05) is 6.07 Å². The van der Waals surface area contributed by atoms with E-state index in [-0.39, 0.29) is 0 Å². The van der Waals surface area contributed by atoms with E-state index in [1.54, 1.807) is 0 Å². The van der Waals surface area contributed by atoms with Gasteiger partial charge in [-0.15, -0.1) is 0 Å². The third-order valence-electron chi connectivity index (χ3n) is 3.91. The van der Waals surface area contributed by atoms with Gasteiger partial charge in [-0.25, -0.2) is 0 Å². The topological polar surface area (TPSA) is 3.24 Å². The number of halogens is 2. The molecule has 1 aliphatic rings. The van der Waals surface area contributed by atoms with Crippen molar-refractivity contribution in [2.24, 2.45) is 5.92 Å². The smallest absolute Gasteiger partial charge is 0.0467 e. The molecule has 1 nitrogen and oxygen atoms in total. The standard InChI is InChI=1S/C14H19BrClN/c1-10-5-4-8-17(11(10)2)14-7-3-6-13(16)12(14)9-15/h3,6-7,10-11H,4-5,8-9H2,1-2H3. The summed E-state index contributed by atoms with van der Waals surface area (Å²) in [5.41, 5.74) is 2.52. The van der Waals surface area contributed by atoms with E-state index < -0.39 is 0 Å². The molecule has 2 atom stereocenters. The number of benzene rings is 1. The molecule has 0 aliphatic carbocycles. The molecule has 1 aliphatic heterocycles. The van der Waals surface area contributed by atoms with E-state index >= 15 is 0 Å². The molecule has 2 rings (SSSR count). The fourth-order valence-electron chi connectivity index (χ4n) is 2.62. The highest BCUT2D eigenvalue weighted by atomic mass is 79.9. The summed E-state index contributed by atoms with van der Waals surface area (Å²) in [7, 11) is 0. The Morgan fingerprint density at radius 3 is 2.88 bits per heavy atom. The minimum atomic E-state index is 0.597. The van der Waals surface area contributed by atoms with Crippen LogP contribution in [0.25, 0.3) is 0 Å². The Morgan fingerprint density at radius 2 is 2.18 bits per heavy atom. The Morgan fingerprint density at radius 1 is 1.41 bits per heavy atom. The Kier molecular flexibility index (Phi) is 4.37. The highest BCUT2D eigenvalue weighted by Crippen LogP contribution is 2.34. The summed E-state index contributed by atoms with van der Waals surface area (Å²) in [6, 6.07) is 6.81. The quantitative estimate of drug-likeness (QED) is 0.704. The number of anilines is 1. The monoisotopic (exact) mass is 315 g/mol.